The Balaban J connectivity index is 2.13. The summed E-state index contributed by atoms with van der Waals surface area (Å²) in [5.41, 5.74) is 9.63. The molecule has 0 aliphatic rings. The zero-order valence-corrected chi connectivity index (χ0v) is 9.46. The summed E-state index contributed by atoms with van der Waals surface area (Å²) < 4.78 is 1.70. The maximum atomic E-state index is 5.63. The van der Waals surface area contributed by atoms with E-state index in [4.69, 9.17) is 5.73 Å². The predicted octanol–water partition coefficient (Wildman–Crippen LogP) is 2.29. The first-order valence-electron chi connectivity index (χ1n) is 5.41. The van der Waals surface area contributed by atoms with Gasteiger partial charge in [-0.25, -0.2) is 9.50 Å². The number of fused-ring (bicyclic) bond motifs is 1. The number of hydrogen-bond acceptors (Lipinski definition) is 3. The summed E-state index contributed by atoms with van der Waals surface area (Å²) in [5.74, 6) is 0.485. The Kier molecular flexibility index (Phi) is 2.08. The van der Waals surface area contributed by atoms with Gasteiger partial charge < -0.3 is 5.73 Å². The minimum atomic E-state index is 0.485. The topological polar surface area (TPSA) is 56.2 Å². The van der Waals surface area contributed by atoms with E-state index in [0.29, 0.717) is 5.82 Å². The van der Waals surface area contributed by atoms with E-state index < -0.39 is 0 Å². The van der Waals surface area contributed by atoms with Gasteiger partial charge in [0.15, 0.2) is 5.65 Å². The van der Waals surface area contributed by atoms with Crippen LogP contribution in [0.1, 0.15) is 5.56 Å². The number of nitrogens with zero attached hydrogens (tertiary/aromatic N) is 3. The number of anilines is 1. The van der Waals surface area contributed by atoms with E-state index in [1.807, 2.05) is 12.1 Å². The largest absolute Gasteiger partial charge is 0.382 e. The molecule has 0 aliphatic carbocycles. The second kappa shape index (κ2) is 3.59. The molecule has 0 radical (unpaired) electrons. The molecule has 3 rings (SSSR count). The number of aryl methyl sites for hydroxylation is 1. The molecule has 3 aromatic rings. The number of hydrogen-bond donors (Lipinski definition) is 1. The third-order valence-corrected chi connectivity index (χ3v) is 2.69. The molecule has 2 N–H and O–H groups in total. The minimum Gasteiger partial charge on any atom is -0.382 e. The molecule has 0 atom stereocenters. The van der Waals surface area contributed by atoms with Crippen molar-refractivity contribution in [1.82, 2.24) is 14.6 Å². The van der Waals surface area contributed by atoms with Crippen LogP contribution in [0.3, 0.4) is 0 Å². The predicted molar refractivity (Wildman–Crippen MR) is 67.6 cm³/mol. The third kappa shape index (κ3) is 1.73. The van der Waals surface area contributed by atoms with Crippen molar-refractivity contribution in [2.24, 2.45) is 0 Å². The fraction of sp³-hybridized carbons (Fsp3) is 0.0769. The third-order valence-electron chi connectivity index (χ3n) is 2.69. The van der Waals surface area contributed by atoms with Crippen molar-refractivity contribution in [3.63, 3.8) is 0 Å². The van der Waals surface area contributed by atoms with Crippen LogP contribution < -0.4 is 5.73 Å². The molecule has 2 aromatic heterocycles. The average Bonchev–Trinajstić information content (AvgIpc) is 2.69. The Labute approximate surface area is 98.7 Å². The van der Waals surface area contributed by atoms with Gasteiger partial charge >= 0.3 is 0 Å². The highest BCUT2D eigenvalue weighted by molar-refractivity contribution is 5.61. The molecule has 0 unspecified atom stereocenters. The Morgan fingerprint density at radius 1 is 1.06 bits per heavy atom. The molecule has 0 bridgehead atoms. The molecular formula is C13H12N4. The molecule has 84 valence electrons. The quantitative estimate of drug-likeness (QED) is 0.690. The molecule has 0 saturated heterocycles. The van der Waals surface area contributed by atoms with Crippen molar-refractivity contribution < 1.29 is 0 Å². The molecule has 0 spiro atoms. The molecular weight excluding hydrogens is 212 g/mol. The van der Waals surface area contributed by atoms with Gasteiger partial charge in [-0.2, -0.15) is 5.10 Å². The molecule has 0 saturated carbocycles. The van der Waals surface area contributed by atoms with Crippen LogP contribution in [0.25, 0.3) is 16.9 Å². The zero-order chi connectivity index (χ0) is 11.8. The van der Waals surface area contributed by atoms with Crippen molar-refractivity contribution in [3.8, 4) is 11.3 Å². The number of nitrogen functional groups attached to an aromatic ring is 1. The van der Waals surface area contributed by atoms with Crippen molar-refractivity contribution in [3.05, 3.63) is 48.2 Å². The van der Waals surface area contributed by atoms with Crippen molar-refractivity contribution >= 4 is 11.5 Å². The number of nitrogens with two attached hydrogens (primary N) is 1. The maximum Gasteiger partial charge on any atom is 0.156 e. The first-order chi connectivity index (χ1) is 8.22. The molecule has 0 aliphatic heterocycles. The minimum absolute atomic E-state index is 0.485. The van der Waals surface area contributed by atoms with E-state index in [-0.39, 0.29) is 0 Å². The van der Waals surface area contributed by atoms with Gasteiger partial charge in [-0.1, -0.05) is 29.8 Å². The van der Waals surface area contributed by atoms with Gasteiger partial charge in [-0.3, -0.25) is 0 Å². The SMILES string of the molecule is Cc1ccc(-c2ccc3nc(N)cn3n2)cc1. The van der Waals surface area contributed by atoms with Crippen LogP contribution in [-0.2, 0) is 0 Å². The standard InChI is InChI=1S/C13H12N4/c1-9-2-4-10(5-3-9)11-6-7-13-15-12(14)8-17(13)16-11/h2-8H,14H2,1H3. The van der Waals surface area contributed by atoms with E-state index in [9.17, 15) is 0 Å². The van der Waals surface area contributed by atoms with Crippen LogP contribution in [0.5, 0.6) is 0 Å². The summed E-state index contributed by atoms with van der Waals surface area (Å²) in [6.45, 7) is 2.07. The Morgan fingerprint density at radius 3 is 2.59 bits per heavy atom. The molecule has 4 nitrogen and oxygen atoms in total. The second-order valence-corrected chi connectivity index (χ2v) is 4.05. The highest BCUT2D eigenvalue weighted by atomic mass is 15.3. The fourth-order valence-electron chi connectivity index (χ4n) is 1.78. The van der Waals surface area contributed by atoms with Crippen LogP contribution in [0, 0.1) is 6.92 Å². The summed E-state index contributed by atoms with van der Waals surface area (Å²) in [7, 11) is 0. The normalized spacial score (nSPS) is 10.9. The summed E-state index contributed by atoms with van der Waals surface area (Å²) in [6, 6.07) is 12.1. The van der Waals surface area contributed by atoms with Gasteiger partial charge in [0, 0.05) is 5.56 Å². The lowest BCUT2D eigenvalue weighted by molar-refractivity contribution is 0.943. The first-order valence-corrected chi connectivity index (χ1v) is 5.41. The lowest BCUT2D eigenvalue weighted by atomic mass is 10.1. The van der Waals surface area contributed by atoms with Crippen molar-refractivity contribution in [2.45, 2.75) is 6.92 Å². The Morgan fingerprint density at radius 2 is 1.82 bits per heavy atom. The Bertz CT molecular complexity index is 667. The van der Waals surface area contributed by atoms with Crippen molar-refractivity contribution in [1.29, 1.82) is 0 Å². The summed E-state index contributed by atoms with van der Waals surface area (Å²) in [5, 5.41) is 4.47. The lowest BCUT2D eigenvalue weighted by Crippen LogP contribution is -1.92. The smallest absolute Gasteiger partial charge is 0.156 e. The highest BCUT2D eigenvalue weighted by Crippen LogP contribution is 2.18. The summed E-state index contributed by atoms with van der Waals surface area (Å²) in [4.78, 5) is 4.14. The first kappa shape index (κ1) is 9.84. The van der Waals surface area contributed by atoms with Crippen LogP contribution in [0.15, 0.2) is 42.6 Å². The van der Waals surface area contributed by atoms with Crippen molar-refractivity contribution in [2.75, 3.05) is 5.73 Å². The Hall–Kier alpha value is -2.36. The summed E-state index contributed by atoms with van der Waals surface area (Å²) >= 11 is 0. The average molecular weight is 224 g/mol. The maximum absolute atomic E-state index is 5.63. The molecule has 4 heteroatoms. The van der Waals surface area contributed by atoms with Gasteiger partial charge in [0.2, 0.25) is 0 Å². The molecule has 0 fully saturated rings. The van der Waals surface area contributed by atoms with E-state index >= 15 is 0 Å². The lowest BCUT2D eigenvalue weighted by Gasteiger charge is -2.01. The number of imidazole rings is 1. The van der Waals surface area contributed by atoms with Gasteiger partial charge in [-0.05, 0) is 19.1 Å². The van der Waals surface area contributed by atoms with E-state index in [0.717, 1.165) is 16.9 Å². The van der Waals surface area contributed by atoms with Crippen LogP contribution in [0.4, 0.5) is 5.82 Å². The van der Waals surface area contributed by atoms with E-state index in [1.165, 1.54) is 5.56 Å². The van der Waals surface area contributed by atoms with Gasteiger partial charge in [-0.15, -0.1) is 0 Å². The second-order valence-electron chi connectivity index (χ2n) is 4.05. The number of aromatic nitrogens is 3. The van der Waals surface area contributed by atoms with E-state index in [1.54, 1.807) is 10.7 Å². The van der Waals surface area contributed by atoms with Gasteiger partial charge in [0.05, 0.1) is 11.9 Å². The molecule has 0 amide bonds. The van der Waals surface area contributed by atoms with Gasteiger partial charge in [0.1, 0.15) is 5.82 Å². The van der Waals surface area contributed by atoms with E-state index in [2.05, 4.69) is 41.3 Å². The molecule has 1 aromatic carbocycles. The monoisotopic (exact) mass is 224 g/mol. The number of rotatable bonds is 1. The van der Waals surface area contributed by atoms with Gasteiger partial charge in [0.25, 0.3) is 0 Å². The van der Waals surface area contributed by atoms with Crippen LogP contribution in [0.2, 0.25) is 0 Å². The fourth-order valence-corrected chi connectivity index (χ4v) is 1.78. The molecule has 2 heterocycles. The van der Waals surface area contributed by atoms with Crippen LogP contribution >= 0.6 is 0 Å². The zero-order valence-electron chi connectivity index (χ0n) is 9.46. The number of benzene rings is 1. The highest BCUT2D eigenvalue weighted by Gasteiger charge is 2.03. The van der Waals surface area contributed by atoms with Crippen LogP contribution in [-0.4, -0.2) is 14.6 Å². The molecule has 17 heavy (non-hydrogen) atoms. The summed E-state index contributed by atoms with van der Waals surface area (Å²) in [6.07, 6.45) is 1.72.